The Morgan fingerprint density at radius 1 is 0.288 bits per heavy atom. The number of ether oxygens (including phenoxy) is 3. The van der Waals surface area contributed by atoms with E-state index in [9.17, 15) is 14.4 Å². The predicted molar refractivity (Wildman–Crippen MR) is 316 cm³/mol. The van der Waals surface area contributed by atoms with Crippen LogP contribution in [0.15, 0.2) is 122 Å². The topological polar surface area (TPSA) is 78.9 Å². The van der Waals surface area contributed by atoms with Gasteiger partial charge >= 0.3 is 17.9 Å². The Bertz CT molecular complexity index is 1540. The summed E-state index contributed by atoms with van der Waals surface area (Å²) in [5, 5.41) is 0. The Kier molecular flexibility index (Phi) is 56.9. The molecule has 0 aliphatic carbocycles. The van der Waals surface area contributed by atoms with Crippen molar-refractivity contribution in [2.24, 2.45) is 0 Å². The highest BCUT2D eigenvalue weighted by molar-refractivity contribution is 5.71. The molecule has 0 aliphatic rings. The third-order valence-electron chi connectivity index (χ3n) is 12.4. The molecule has 0 rings (SSSR count). The molecule has 0 aromatic heterocycles. The Labute approximate surface area is 450 Å². The molecule has 414 valence electrons. The summed E-state index contributed by atoms with van der Waals surface area (Å²) in [4.78, 5) is 38.1. The zero-order valence-electron chi connectivity index (χ0n) is 47.4. The van der Waals surface area contributed by atoms with Crippen molar-refractivity contribution in [2.75, 3.05) is 13.2 Å². The van der Waals surface area contributed by atoms with Crippen molar-refractivity contribution in [3.8, 4) is 0 Å². The van der Waals surface area contributed by atoms with Gasteiger partial charge in [-0.3, -0.25) is 14.4 Å². The van der Waals surface area contributed by atoms with Crippen molar-refractivity contribution in [1.29, 1.82) is 0 Å². The van der Waals surface area contributed by atoms with Crippen LogP contribution in [0.3, 0.4) is 0 Å². The lowest BCUT2D eigenvalue weighted by Crippen LogP contribution is -2.30. The summed E-state index contributed by atoms with van der Waals surface area (Å²) in [5.41, 5.74) is 0. The predicted octanol–water partition coefficient (Wildman–Crippen LogP) is 20.4. The lowest BCUT2D eigenvalue weighted by molar-refractivity contribution is -0.167. The number of allylic oxidation sites excluding steroid dienone is 20. The van der Waals surface area contributed by atoms with Gasteiger partial charge in [-0.25, -0.2) is 0 Å². The summed E-state index contributed by atoms with van der Waals surface area (Å²) < 4.78 is 16.8. The second-order valence-corrected chi connectivity index (χ2v) is 19.5. The maximum Gasteiger partial charge on any atom is 0.306 e. The van der Waals surface area contributed by atoms with Crippen LogP contribution in [0.2, 0.25) is 0 Å². The van der Waals surface area contributed by atoms with Crippen LogP contribution >= 0.6 is 0 Å². The van der Waals surface area contributed by atoms with E-state index in [4.69, 9.17) is 14.2 Å². The van der Waals surface area contributed by atoms with Crippen LogP contribution in [-0.4, -0.2) is 37.2 Å². The van der Waals surface area contributed by atoms with E-state index >= 15 is 0 Å². The molecule has 0 aromatic rings. The van der Waals surface area contributed by atoms with Crippen LogP contribution in [0.4, 0.5) is 0 Å². The fourth-order valence-electron chi connectivity index (χ4n) is 7.93. The maximum absolute atomic E-state index is 12.8. The molecular formula is C67H110O6. The van der Waals surface area contributed by atoms with Crippen molar-refractivity contribution in [3.63, 3.8) is 0 Å². The van der Waals surface area contributed by atoms with E-state index in [0.717, 1.165) is 161 Å². The van der Waals surface area contributed by atoms with E-state index in [2.05, 4.69) is 142 Å². The first kappa shape index (κ1) is 68.8. The first-order valence-corrected chi connectivity index (χ1v) is 30.0. The Balaban J connectivity index is 4.27. The SMILES string of the molecule is CC/C=C\C/C=C\C/C=C\C/C=C\C/C=C\C/C=C\CCCCCCCCCCCCC(=O)OCC(COC(=O)CCCCCCC/C=C\C/C=C\CCC)OC(=O)CCCCCCC/C=C\C/C=C\CCC. The second kappa shape index (κ2) is 60.4. The van der Waals surface area contributed by atoms with Gasteiger partial charge in [0.15, 0.2) is 6.10 Å². The van der Waals surface area contributed by atoms with E-state index in [0.29, 0.717) is 19.3 Å². The molecule has 0 radical (unpaired) electrons. The van der Waals surface area contributed by atoms with Gasteiger partial charge in [-0.1, -0.05) is 245 Å². The Morgan fingerprint density at radius 2 is 0.534 bits per heavy atom. The van der Waals surface area contributed by atoms with Crippen LogP contribution in [0.1, 0.15) is 265 Å². The average Bonchev–Trinajstić information content (AvgIpc) is 3.39. The number of unbranched alkanes of at least 4 members (excludes halogenated alkanes) is 22. The van der Waals surface area contributed by atoms with E-state index in [1.165, 1.54) is 64.2 Å². The molecule has 0 fully saturated rings. The summed E-state index contributed by atoms with van der Waals surface area (Å²) in [7, 11) is 0. The van der Waals surface area contributed by atoms with Crippen LogP contribution < -0.4 is 0 Å². The third kappa shape index (κ3) is 58.6. The molecule has 0 aliphatic heterocycles. The summed E-state index contributed by atoms with van der Waals surface area (Å²) in [6, 6.07) is 0. The molecule has 0 N–H and O–H groups in total. The number of hydrogen-bond acceptors (Lipinski definition) is 6. The van der Waals surface area contributed by atoms with Gasteiger partial charge in [-0.2, -0.15) is 0 Å². The van der Waals surface area contributed by atoms with E-state index in [1.807, 2.05) is 0 Å². The van der Waals surface area contributed by atoms with Crippen molar-refractivity contribution in [2.45, 2.75) is 271 Å². The number of rotatable bonds is 53. The van der Waals surface area contributed by atoms with Crippen LogP contribution in [0.5, 0.6) is 0 Å². The highest BCUT2D eigenvalue weighted by Crippen LogP contribution is 2.15. The van der Waals surface area contributed by atoms with Gasteiger partial charge < -0.3 is 14.2 Å². The molecule has 73 heavy (non-hydrogen) atoms. The molecular weight excluding hydrogens is 901 g/mol. The van der Waals surface area contributed by atoms with E-state index in [1.54, 1.807) is 0 Å². The monoisotopic (exact) mass is 1010 g/mol. The molecule has 0 saturated heterocycles. The summed E-state index contributed by atoms with van der Waals surface area (Å²) in [5.74, 6) is -0.926. The van der Waals surface area contributed by atoms with Crippen molar-refractivity contribution < 1.29 is 28.6 Å². The number of carbonyl (C=O) groups is 3. The largest absolute Gasteiger partial charge is 0.462 e. The standard InChI is InChI=1S/C67H110O6/c1-4-7-10-13-16-19-22-25-26-27-28-29-30-31-32-33-34-35-36-37-38-39-40-43-45-48-51-54-57-60-66(69)72-63-64(73-67(70)61-58-55-52-49-46-42-24-21-18-15-12-9-6-3)62-71-65(68)59-56-53-50-47-44-41-23-20-17-14-11-8-5-2/h7,10-12,14-16,19-21,23-26,28-29,31-32,34-35,64H,4-6,8-9,13,17-18,22,27,30,33,36-63H2,1-3H3/b10-7-,14-11-,15-12-,19-16-,23-20-,24-21-,26-25-,29-28-,32-31-,35-34-. The fraction of sp³-hybridized carbons (Fsp3) is 0.657. The molecule has 0 aromatic carbocycles. The number of carbonyl (C=O) groups excluding carboxylic acids is 3. The first-order valence-electron chi connectivity index (χ1n) is 30.0. The van der Waals surface area contributed by atoms with Crippen LogP contribution in [-0.2, 0) is 28.6 Å². The van der Waals surface area contributed by atoms with Gasteiger partial charge in [0.05, 0.1) is 0 Å². The smallest absolute Gasteiger partial charge is 0.306 e. The number of hydrogen-bond donors (Lipinski definition) is 0. The average molecular weight is 1010 g/mol. The fourth-order valence-corrected chi connectivity index (χ4v) is 7.93. The summed E-state index contributed by atoms with van der Waals surface area (Å²) in [6.07, 6.45) is 83.4. The second-order valence-electron chi connectivity index (χ2n) is 19.5. The summed E-state index contributed by atoms with van der Waals surface area (Å²) in [6.45, 7) is 6.37. The molecule has 1 unspecified atom stereocenters. The maximum atomic E-state index is 12.8. The molecule has 6 heteroatoms. The number of esters is 3. The molecule has 0 amide bonds. The van der Waals surface area contributed by atoms with Crippen molar-refractivity contribution in [1.82, 2.24) is 0 Å². The van der Waals surface area contributed by atoms with Gasteiger partial charge in [0.25, 0.3) is 0 Å². The van der Waals surface area contributed by atoms with Crippen LogP contribution in [0.25, 0.3) is 0 Å². The minimum atomic E-state index is -0.795. The lowest BCUT2D eigenvalue weighted by Gasteiger charge is -2.18. The zero-order chi connectivity index (χ0) is 52.9. The van der Waals surface area contributed by atoms with Gasteiger partial charge in [0.2, 0.25) is 0 Å². The Morgan fingerprint density at radius 3 is 0.836 bits per heavy atom. The van der Waals surface area contributed by atoms with E-state index < -0.39 is 6.10 Å². The van der Waals surface area contributed by atoms with Gasteiger partial charge in [0, 0.05) is 19.3 Å². The highest BCUT2D eigenvalue weighted by Gasteiger charge is 2.19. The van der Waals surface area contributed by atoms with Gasteiger partial charge in [0.1, 0.15) is 13.2 Å². The molecule has 0 heterocycles. The molecule has 0 spiro atoms. The first-order chi connectivity index (χ1) is 36.0. The Hall–Kier alpha value is -4.19. The molecule has 0 bridgehead atoms. The van der Waals surface area contributed by atoms with Gasteiger partial charge in [-0.05, 0) is 122 Å². The summed E-state index contributed by atoms with van der Waals surface area (Å²) >= 11 is 0. The zero-order valence-corrected chi connectivity index (χ0v) is 47.4. The normalized spacial score (nSPS) is 13.0. The third-order valence-corrected chi connectivity index (χ3v) is 12.4. The van der Waals surface area contributed by atoms with Gasteiger partial charge in [-0.15, -0.1) is 0 Å². The van der Waals surface area contributed by atoms with Crippen molar-refractivity contribution >= 4 is 17.9 Å². The quantitative estimate of drug-likeness (QED) is 0.0261. The molecule has 1 atom stereocenters. The minimum Gasteiger partial charge on any atom is -0.462 e. The minimum absolute atomic E-state index is 0.0926. The molecule has 6 nitrogen and oxygen atoms in total. The molecule has 0 saturated carbocycles. The highest BCUT2D eigenvalue weighted by atomic mass is 16.6. The van der Waals surface area contributed by atoms with E-state index in [-0.39, 0.29) is 31.1 Å². The van der Waals surface area contributed by atoms with Crippen LogP contribution in [0, 0.1) is 0 Å². The van der Waals surface area contributed by atoms with Crippen molar-refractivity contribution in [3.05, 3.63) is 122 Å². The lowest BCUT2D eigenvalue weighted by atomic mass is 10.1.